The fraction of sp³-hybridized carbons (Fsp3) is 0.500. The Labute approximate surface area is 92.3 Å². The van der Waals surface area contributed by atoms with Gasteiger partial charge in [0.1, 0.15) is 5.78 Å². The van der Waals surface area contributed by atoms with Gasteiger partial charge in [0, 0.05) is 5.38 Å². The minimum Gasteiger partial charge on any atom is -0.465 e. The molecule has 0 saturated carbocycles. The number of ketones is 1. The molecule has 4 nitrogen and oxygen atoms in total. The molecule has 0 bridgehead atoms. The van der Waals surface area contributed by atoms with Crippen LogP contribution in [0.25, 0.3) is 0 Å². The smallest absolute Gasteiger partial charge is 0.322 e. The van der Waals surface area contributed by atoms with E-state index in [0.29, 0.717) is 5.69 Å². The Hall–Kier alpha value is -1.23. The average molecular weight is 227 g/mol. The molecule has 1 unspecified atom stereocenters. The van der Waals surface area contributed by atoms with Gasteiger partial charge in [-0.25, -0.2) is 4.98 Å². The van der Waals surface area contributed by atoms with Crippen LogP contribution in [0.15, 0.2) is 5.38 Å². The first-order chi connectivity index (χ1) is 7.06. The van der Waals surface area contributed by atoms with Crippen molar-refractivity contribution in [3.05, 3.63) is 16.1 Å². The van der Waals surface area contributed by atoms with Crippen molar-refractivity contribution in [3.63, 3.8) is 0 Å². The molecule has 1 aromatic heterocycles. The number of esters is 1. The zero-order chi connectivity index (χ0) is 11.4. The Balaban J connectivity index is 2.93. The number of hydrogen-bond donors (Lipinski definition) is 0. The highest BCUT2D eigenvalue weighted by Crippen LogP contribution is 2.20. The number of aromatic nitrogens is 1. The quantitative estimate of drug-likeness (QED) is 0.580. The van der Waals surface area contributed by atoms with Gasteiger partial charge in [0.05, 0.1) is 17.3 Å². The van der Waals surface area contributed by atoms with E-state index in [1.54, 1.807) is 12.3 Å². The van der Waals surface area contributed by atoms with Gasteiger partial charge in [-0.15, -0.1) is 11.3 Å². The predicted molar refractivity (Wildman–Crippen MR) is 56.9 cm³/mol. The molecule has 82 valence electrons. The summed E-state index contributed by atoms with van der Waals surface area (Å²) in [4.78, 5) is 27.0. The molecule has 0 aliphatic rings. The van der Waals surface area contributed by atoms with E-state index in [1.807, 2.05) is 6.92 Å². The number of nitrogens with zero attached hydrogens (tertiary/aromatic N) is 1. The number of rotatable bonds is 4. The highest BCUT2D eigenvalue weighted by Gasteiger charge is 2.28. The second-order valence-electron chi connectivity index (χ2n) is 3.09. The summed E-state index contributed by atoms with van der Waals surface area (Å²) in [5.41, 5.74) is 0.489. The third-order valence-electron chi connectivity index (χ3n) is 1.86. The van der Waals surface area contributed by atoms with Crippen LogP contribution in [-0.2, 0) is 14.3 Å². The molecule has 1 rings (SSSR count). The third-order valence-corrected chi connectivity index (χ3v) is 2.65. The Morgan fingerprint density at radius 1 is 1.60 bits per heavy atom. The van der Waals surface area contributed by atoms with Crippen molar-refractivity contribution in [2.24, 2.45) is 0 Å². The van der Waals surface area contributed by atoms with Crippen LogP contribution in [0.1, 0.15) is 30.5 Å². The number of Topliss-reactive ketones (excluding diaryl/α,β-unsaturated/α-hetero) is 1. The van der Waals surface area contributed by atoms with Crippen LogP contribution in [0.4, 0.5) is 0 Å². The lowest BCUT2D eigenvalue weighted by Crippen LogP contribution is -2.22. The summed E-state index contributed by atoms with van der Waals surface area (Å²) in [7, 11) is 0. The molecule has 1 aromatic rings. The van der Waals surface area contributed by atoms with Crippen LogP contribution in [0.5, 0.6) is 0 Å². The van der Waals surface area contributed by atoms with Gasteiger partial charge in [0.2, 0.25) is 0 Å². The van der Waals surface area contributed by atoms with E-state index < -0.39 is 11.9 Å². The zero-order valence-electron chi connectivity index (χ0n) is 8.94. The van der Waals surface area contributed by atoms with Crippen LogP contribution < -0.4 is 0 Å². The lowest BCUT2D eigenvalue weighted by Gasteiger charge is -2.09. The molecule has 0 radical (unpaired) electrons. The summed E-state index contributed by atoms with van der Waals surface area (Å²) in [6.07, 6.45) is 0. The van der Waals surface area contributed by atoms with Crippen molar-refractivity contribution in [1.29, 1.82) is 0 Å². The Morgan fingerprint density at radius 3 is 2.67 bits per heavy atom. The minimum absolute atomic E-state index is 0.237. The van der Waals surface area contributed by atoms with Gasteiger partial charge in [-0.3, -0.25) is 9.59 Å². The topological polar surface area (TPSA) is 56.3 Å². The molecule has 0 N–H and O–H groups in total. The first-order valence-electron chi connectivity index (χ1n) is 4.65. The molecule has 0 aliphatic carbocycles. The second kappa shape index (κ2) is 5.02. The van der Waals surface area contributed by atoms with Gasteiger partial charge in [0.15, 0.2) is 5.92 Å². The van der Waals surface area contributed by atoms with E-state index in [1.165, 1.54) is 18.3 Å². The molecule has 15 heavy (non-hydrogen) atoms. The molecule has 1 atom stereocenters. The highest BCUT2D eigenvalue weighted by molar-refractivity contribution is 7.09. The van der Waals surface area contributed by atoms with E-state index in [9.17, 15) is 9.59 Å². The van der Waals surface area contributed by atoms with E-state index >= 15 is 0 Å². The summed E-state index contributed by atoms with van der Waals surface area (Å²) in [5.74, 6) is -1.62. The van der Waals surface area contributed by atoms with E-state index in [0.717, 1.165) is 5.01 Å². The number of hydrogen-bond acceptors (Lipinski definition) is 5. The average Bonchev–Trinajstić information content (AvgIpc) is 2.51. The van der Waals surface area contributed by atoms with Crippen molar-refractivity contribution < 1.29 is 14.3 Å². The lowest BCUT2D eigenvalue weighted by molar-refractivity contribution is -0.147. The molecule has 5 heteroatoms. The molecule has 0 saturated heterocycles. The van der Waals surface area contributed by atoms with Gasteiger partial charge in [-0.1, -0.05) is 0 Å². The van der Waals surface area contributed by atoms with Crippen molar-refractivity contribution in [2.45, 2.75) is 26.7 Å². The normalized spacial score (nSPS) is 12.2. The molecule has 0 fully saturated rings. The Kier molecular flexibility index (Phi) is 3.96. The van der Waals surface area contributed by atoms with Crippen LogP contribution in [0, 0.1) is 6.92 Å². The van der Waals surface area contributed by atoms with Crippen molar-refractivity contribution in [3.8, 4) is 0 Å². The first-order valence-corrected chi connectivity index (χ1v) is 5.53. The van der Waals surface area contributed by atoms with Crippen molar-refractivity contribution in [1.82, 2.24) is 4.98 Å². The number of thiazole rings is 1. The molecule has 0 spiro atoms. The standard InChI is InChI=1S/C10H13NO3S/c1-4-14-10(13)9(6(2)12)8-5-15-7(3)11-8/h5,9H,4H2,1-3H3. The SMILES string of the molecule is CCOC(=O)C(C(C)=O)c1csc(C)n1. The number of aryl methyl sites for hydroxylation is 1. The fourth-order valence-electron chi connectivity index (χ4n) is 1.23. The summed E-state index contributed by atoms with van der Waals surface area (Å²) >= 11 is 1.41. The first kappa shape index (κ1) is 11.8. The number of carbonyl (C=O) groups excluding carboxylic acids is 2. The third kappa shape index (κ3) is 2.86. The van der Waals surface area contributed by atoms with Crippen LogP contribution in [-0.4, -0.2) is 23.3 Å². The fourth-order valence-corrected chi connectivity index (χ4v) is 1.87. The minimum atomic E-state index is -0.866. The number of carbonyl (C=O) groups is 2. The maximum absolute atomic E-state index is 11.5. The van der Waals surface area contributed by atoms with Gasteiger partial charge in [-0.05, 0) is 20.8 Å². The Morgan fingerprint density at radius 2 is 2.27 bits per heavy atom. The van der Waals surface area contributed by atoms with E-state index in [4.69, 9.17) is 4.74 Å². The number of ether oxygens (including phenoxy) is 1. The molecular formula is C10H13NO3S. The second-order valence-corrected chi connectivity index (χ2v) is 4.15. The van der Waals surface area contributed by atoms with E-state index in [-0.39, 0.29) is 12.4 Å². The zero-order valence-corrected chi connectivity index (χ0v) is 9.76. The highest BCUT2D eigenvalue weighted by atomic mass is 32.1. The summed E-state index contributed by atoms with van der Waals surface area (Å²) < 4.78 is 4.83. The lowest BCUT2D eigenvalue weighted by atomic mass is 10.0. The molecule has 0 aromatic carbocycles. The summed E-state index contributed by atoms with van der Waals surface area (Å²) in [6.45, 7) is 5.18. The van der Waals surface area contributed by atoms with Gasteiger partial charge < -0.3 is 4.74 Å². The van der Waals surface area contributed by atoms with E-state index in [2.05, 4.69) is 4.98 Å². The maximum atomic E-state index is 11.5. The maximum Gasteiger partial charge on any atom is 0.322 e. The van der Waals surface area contributed by atoms with Crippen LogP contribution >= 0.6 is 11.3 Å². The van der Waals surface area contributed by atoms with Gasteiger partial charge >= 0.3 is 5.97 Å². The van der Waals surface area contributed by atoms with Gasteiger partial charge in [-0.2, -0.15) is 0 Å². The molecule has 0 aliphatic heterocycles. The molecular weight excluding hydrogens is 214 g/mol. The largest absolute Gasteiger partial charge is 0.465 e. The molecule has 0 amide bonds. The van der Waals surface area contributed by atoms with Crippen LogP contribution in [0.2, 0.25) is 0 Å². The molecule has 1 heterocycles. The monoisotopic (exact) mass is 227 g/mol. The van der Waals surface area contributed by atoms with Crippen LogP contribution in [0.3, 0.4) is 0 Å². The predicted octanol–water partition coefficient (Wildman–Crippen LogP) is 1.69. The van der Waals surface area contributed by atoms with Crippen molar-refractivity contribution in [2.75, 3.05) is 6.61 Å². The van der Waals surface area contributed by atoms with Gasteiger partial charge in [0.25, 0.3) is 0 Å². The summed E-state index contributed by atoms with van der Waals surface area (Å²) in [6, 6.07) is 0. The summed E-state index contributed by atoms with van der Waals surface area (Å²) in [5, 5.41) is 2.55. The Bertz CT molecular complexity index is 372. The van der Waals surface area contributed by atoms with Crippen molar-refractivity contribution >= 4 is 23.1 Å².